The van der Waals surface area contributed by atoms with Gasteiger partial charge in [0.2, 0.25) is 6.10 Å². The first-order chi connectivity index (χ1) is 13.5. The van der Waals surface area contributed by atoms with Crippen molar-refractivity contribution in [1.29, 1.82) is 0 Å². The molecule has 0 saturated carbocycles. The van der Waals surface area contributed by atoms with Crippen molar-refractivity contribution < 1.29 is 23.6 Å². The second-order valence-corrected chi connectivity index (χ2v) is 6.19. The number of rotatable bonds is 6. The normalized spacial score (nSPS) is 11.5. The van der Waals surface area contributed by atoms with E-state index in [1.54, 1.807) is 55.5 Å². The molecule has 2 aromatic carbocycles. The molecule has 1 aromatic heterocycles. The minimum atomic E-state index is -1.15. The van der Waals surface area contributed by atoms with Crippen molar-refractivity contribution in [2.45, 2.75) is 20.0 Å². The molecule has 7 nitrogen and oxygen atoms in total. The maximum absolute atomic E-state index is 12.8. The van der Waals surface area contributed by atoms with Crippen molar-refractivity contribution in [1.82, 2.24) is 5.16 Å². The van der Waals surface area contributed by atoms with Crippen molar-refractivity contribution in [2.24, 2.45) is 0 Å². The summed E-state index contributed by atoms with van der Waals surface area (Å²) in [4.78, 5) is 25.4. The molecule has 3 rings (SSSR count). The molecule has 1 atom stereocenters. The van der Waals surface area contributed by atoms with Crippen LogP contribution in [0.15, 0.2) is 59.1 Å². The Balaban J connectivity index is 1.85. The van der Waals surface area contributed by atoms with Crippen molar-refractivity contribution in [3.05, 3.63) is 77.0 Å². The molecule has 0 radical (unpaired) electrons. The number of nitrogens with zero attached hydrogens (tertiary/aromatic N) is 1. The van der Waals surface area contributed by atoms with Crippen LogP contribution in [0, 0.1) is 13.8 Å². The van der Waals surface area contributed by atoms with Gasteiger partial charge in [0.25, 0.3) is 5.91 Å². The molecule has 3 aromatic rings. The lowest BCUT2D eigenvalue weighted by atomic mass is 10.1. The summed E-state index contributed by atoms with van der Waals surface area (Å²) in [6, 6.07) is 15.3. The van der Waals surface area contributed by atoms with Crippen molar-refractivity contribution in [2.75, 3.05) is 12.4 Å². The van der Waals surface area contributed by atoms with Gasteiger partial charge in [0.1, 0.15) is 11.5 Å². The predicted molar refractivity (Wildman–Crippen MR) is 102 cm³/mol. The van der Waals surface area contributed by atoms with Crippen molar-refractivity contribution in [3.63, 3.8) is 0 Å². The Bertz CT molecular complexity index is 981. The third kappa shape index (κ3) is 4.37. The first-order valence-corrected chi connectivity index (χ1v) is 8.62. The van der Waals surface area contributed by atoms with E-state index in [-0.39, 0.29) is 11.4 Å². The number of carbonyl (C=O) groups is 2. The Morgan fingerprint density at radius 1 is 1.07 bits per heavy atom. The standard InChI is InChI=1S/C21H20N2O5/c1-13-9-10-16(12-17(13)26-3)21(25)27-19(15-7-5-4-6-8-15)20(24)22-18-11-14(2)28-23-18/h4-12,19H,1-3H3,(H,22,23,24). The topological polar surface area (TPSA) is 90.7 Å². The number of aryl methyl sites for hydroxylation is 2. The van der Waals surface area contributed by atoms with E-state index in [1.165, 1.54) is 7.11 Å². The fourth-order valence-corrected chi connectivity index (χ4v) is 2.64. The fraction of sp³-hybridized carbons (Fsp3) is 0.190. The number of hydrogen-bond donors (Lipinski definition) is 1. The number of ether oxygens (including phenoxy) is 2. The van der Waals surface area contributed by atoms with E-state index in [1.807, 2.05) is 13.0 Å². The number of hydrogen-bond acceptors (Lipinski definition) is 6. The summed E-state index contributed by atoms with van der Waals surface area (Å²) in [5.74, 6) is 0.186. The van der Waals surface area contributed by atoms with Crippen LogP contribution in [0.25, 0.3) is 0 Å². The fourth-order valence-electron chi connectivity index (χ4n) is 2.64. The average molecular weight is 380 g/mol. The summed E-state index contributed by atoms with van der Waals surface area (Å²) in [5, 5.41) is 6.34. The van der Waals surface area contributed by atoms with E-state index in [4.69, 9.17) is 14.0 Å². The van der Waals surface area contributed by atoms with Crippen LogP contribution in [0.4, 0.5) is 5.82 Å². The van der Waals surface area contributed by atoms with Gasteiger partial charge in [-0.2, -0.15) is 0 Å². The van der Waals surface area contributed by atoms with Crippen LogP contribution < -0.4 is 10.1 Å². The summed E-state index contributed by atoms with van der Waals surface area (Å²) in [6.45, 7) is 3.58. The number of nitrogens with one attached hydrogen (secondary N) is 1. The van der Waals surface area contributed by atoms with Gasteiger partial charge in [-0.15, -0.1) is 0 Å². The van der Waals surface area contributed by atoms with Gasteiger partial charge in [-0.25, -0.2) is 4.79 Å². The van der Waals surface area contributed by atoms with Gasteiger partial charge in [0.15, 0.2) is 5.82 Å². The Kier molecular flexibility index (Phi) is 5.74. The molecular formula is C21H20N2O5. The number of carbonyl (C=O) groups excluding carboxylic acids is 2. The molecule has 28 heavy (non-hydrogen) atoms. The molecule has 0 spiro atoms. The lowest BCUT2D eigenvalue weighted by molar-refractivity contribution is -0.125. The van der Waals surface area contributed by atoms with Crippen LogP contribution in [0.2, 0.25) is 0 Å². The Morgan fingerprint density at radius 2 is 1.82 bits per heavy atom. The molecule has 0 fully saturated rings. The van der Waals surface area contributed by atoms with E-state index in [2.05, 4.69) is 10.5 Å². The minimum absolute atomic E-state index is 0.247. The highest BCUT2D eigenvalue weighted by atomic mass is 16.5. The largest absolute Gasteiger partial charge is 0.496 e. The van der Waals surface area contributed by atoms with E-state index in [0.717, 1.165) is 5.56 Å². The highest BCUT2D eigenvalue weighted by molar-refractivity contribution is 5.97. The SMILES string of the molecule is COc1cc(C(=O)OC(C(=O)Nc2cc(C)on2)c2ccccc2)ccc1C. The lowest BCUT2D eigenvalue weighted by Gasteiger charge is -2.17. The van der Waals surface area contributed by atoms with E-state index in [0.29, 0.717) is 17.1 Å². The zero-order valence-electron chi connectivity index (χ0n) is 15.8. The number of aromatic nitrogens is 1. The highest BCUT2D eigenvalue weighted by Gasteiger charge is 2.26. The summed E-state index contributed by atoms with van der Waals surface area (Å²) in [7, 11) is 1.53. The first kappa shape index (κ1) is 19.2. The molecule has 0 aliphatic rings. The van der Waals surface area contributed by atoms with Gasteiger partial charge < -0.3 is 19.3 Å². The first-order valence-electron chi connectivity index (χ1n) is 8.62. The summed E-state index contributed by atoms with van der Waals surface area (Å²) < 4.78 is 15.7. The second-order valence-electron chi connectivity index (χ2n) is 6.19. The molecule has 1 N–H and O–H groups in total. The molecular weight excluding hydrogens is 360 g/mol. The van der Waals surface area contributed by atoms with Gasteiger partial charge in [-0.3, -0.25) is 4.79 Å². The monoisotopic (exact) mass is 380 g/mol. The maximum Gasteiger partial charge on any atom is 0.339 e. The van der Waals surface area contributed by atoms with Crippen LogP contribution in [0.5, 0.6) is 5.75 Å². The molecule has 0 bridgehead atoms. The Labute approximate surface area is 162 Å². The molecule has 0 aliphatic carbocycles. The maximum atomic E-state index is 12.8. The third-order valence-corrected chi connectivity index (χ3v) is 4.09. The zero-order valence-corrected chi connectivity index (χ0v) is 15.8. The summed E-state index contributed by atoms with van der Waals surface area (Å²) in [5.41, 5.74) is 1.71. The van der Waals surface area contributed by atoms with E-state index in [9.17, 15) is 9.59 Å². The van der Waals surface area contributed by atoms with Gasteiger partial charge >= 0.3 is 5.97 Å². The molecule has 0 aliphatic heterocycles. The number of anilines is 1. The minimum Gasteiger partial charge on any atom is -0.496 e. The molecule has 1 unspecified atom stereocenters. The third-order valence-electron chi connectivity index (χ3n) is 4.09. The summed E-state index contributed by atoms with van der Waals surface area (Å²) >= 11 is 0. The zero-order chi connectivity index (χ0) is 20.1. The van der Waals surface area contributed by atoms with Crippen LogP contribution in [-0.4, -0.2) is 24.1 Å². The van der Waals surface area contributed by atoms with Gasteiger partial charge in [-0.05, 0) is 31.5 Å². The van der Waals surface area contributed by atoms with Crippen molar-refractivity contribution in [3.8, 4) is 5.75 Å². The smallest absolute Gasteiger partial charge is 0.339 e. The molecule has 1 heterocycles. The Morgan fingerprint density at radius 3 is 2.46 bits per heavy atom. The Hall–Kier alpha value is -3.61. The number of esters is 1. The molecule has 0 saturated heterocycles. The van der Waals surface area contributed by atoms with Crippen molar-refractivity contribution >= 4 is 17.7 Å². The molecule has 1 amide bonds. The average Bonchev–Trinajstić information content (AvgIpc) is 3.11. The van der Waals surface area contributed by atoms with E-state index >= 15 is 0 Å². The lowest BCUT2D eigenvalue weighted by Crippen LogP contribution is -2.26. The second kappa shape index (κ2) is 8.39. The summed E-state index contributed by atoms with van der Waals surface area (Å²) in [6.07, 6.45) is -1.15. The quantitative estimate of drug-likeness (QED) is 0.654. The van der Waals surface area contributed by atoms with Crippen LogP contribution in [0.3, 0.4) is 0 Å². The number of benzene rings is 2. The van der Waals surface area contributed by atoms with Gasteiger partial charge in [0.05, 0.1) is 12.7 Å². The van der Waals surface area contributed by atoms with E-state index < -0.39 is 18.0 Å². The van der Waals surface area contributed by atoms with Gasteiger partial charge in [0, 0.05) is 11.6 Å². The predicted octanol–water partition coefficient (Wildman–Crippen LogP) is 3.84. The van der Waals surface area contributed by atoms with Gasteiger partial charge in [-0.1, -0.05) is 41.6 Å². The van der Waals surface area contributed by atoms with Crippen LogP contribution >= 0.6 is 0 Å². The number of methoxy groups -OCH3 is 1. The highest BCUT2D eigenvalue weighted by Crippen LogP contribution is 2.24. The number of amides is 1. The van der Waals surface area contributed by atoms with Crippen LogP contribution in [-0.2, 0) is 9.53 Å². The molecule has 144 valence electrons. The van der Waals surface area contributed by atoms with Crippen LogP contribution in [0.1, 0.15) is 33.3 Å². The molecule has 7 heteroatoms.